The Bertz CT molecular complexity index is 387. The second-order valence-electron chi connectivity index (χ2n) is 4.46. The summed E-state index contributed by atoms with van der Waals surface area (Å²) in [6.07, 6.45) is 0.976. The number of nitrogens with one attached hydrogen (secondary N) is 1. The van der Waals surface area contributed by atoms with Crippen molar-refractivity contribution in [3.05, 3.63) is 29.8 Å². The molecule has 1 N–H and O–H groups in total. The molecule has 0 aliphatic carbocycles. The lowest BCUT2D eigenvalue weighted by Gasteiger charge is -2.18. The summed E-state index contributed by atoms with van der Waals surface area (Å²) in [6, 6.07) is 8.48. The van der Waals surface area contributed by atoms with Gasteiger partial charge in [-0.3, -0.25) is 4.79 Å². The smallest absolute Gasteiger partial charge is 0.240 e. The van der Waals surface area contributed by atoms with Gasteiger partial charge in [-0.15, -0.1) is 0 Å². The molecule has 0 atom stereocenters. The number of fused-ring (bicyclic) bond motifs is 1. The molecule has 0 unspecified atom stereocenters. The van der Waals surface area contributed by atoms with Crippen molar-refractivity contribution >= 4 is 11.6 Å². The summed E-state index contributed by atoms with van der Waals surface area (Å²) in [5.41, 5.74) is 2.36. The number of para-hydroxylation sites is 1. The molecule has 0 aromatic heterocycles. The predicted molar refractivity (Wildman–Crippen MR) is 65.6 cm³/mol. The highest BCUT2D eigenvalue weighted by atomic mass is 16.2. The highest BCUT2D eigenvalue weighted by molar-refractivity contribution is 5.96. The molecule has 0 bridgehead atoms. The van der Waals surface area contributed by atoms with Crippen LogP contribution in [0.4, 0.5) is 5.69 Å². The quantitative estimate of drug-likeness (QED) is 0.835. The van der Waals surface area contributed by atoms with Crippen LogP contribution in [0.15, 0.2) is 24.3 Å². The average molecular weight is 218 g/mol. The maximum absolute atomic E-state index is 12.0. The number of anilines is 1. The number of amides is 1. The van der Waals surface area contributed by atoms with Gasteiger partial charge in [-0.25, -0.2) is 0 Å². The number of nitrogens with zero attached hydrogens (tertiary/aromatic N) is 1. The Hall–Kier alpha value is -1.35. The second-order valence-corrected chi connectivity index (χ2v) is 4.46. The number of hydrogen-bond donors (Lipinski definition) is 1. The molecule has 0 radical (unpaired) electrons. The molecule has 16 heavy (non-hydrogen) atoms. The van der Waals surface area contributed by atoms with Gasteiger partial charge in [0.2, 0.25) is 5.91 Å². The van der Waals surface area contributed by atoms with Crippen LogP contribution < -0.4 is 10.2 Å². The molecule has 0 spiro atoms. The molecule has 86 valence electrons. The van der Waals surface area contributed by atoms with Crippen LogP contribution in [0.1, 0.15) is 19.4 Å². The molecule has 3 nitrogen and oxygen atoms in total. The summed E-state index contributed by atoms with van der Waals surface area (Å²) >= 11 is 0. The van der Waals surface area contributed by atoms with Crippen molar-refractivity contribution in [2.24, 2.45) is 0 Å². The molecule has 1 aromatic rings. The van der Waals surface area contributed by atoms with Gasteiger partial charge in [-0.05, 0) is 18.1 Å². The standard InChI is InChI=1S/C13H18N2O/c1-10(2)14-9-13(16)15-8-7-11-5-3-4-6-12(11)15/h3-6,10,14H,7-9H2,1-2H3. The predicted octanol–water partition coefficient (Wildman–Crippen LogP) is 1.57. The van der Waals surface area contributed by atoms with Crippen LogP contribution in [0.5, 0.6) is 0 Å². The summed E-state index contributed by atoms with van der Waals surface area (Å²) in [6.45, 7) is 5.33. The van der Waals surface area contributed by atoms with E-state index in [4.69, 9.17) is 0 Å². The van der Waals surface area contributed by atoms with E-state index < -0.39 is 0 Å². The van der Waals surface area contributed by atoms with Crippen LogP contribution in [0.25, 0.3) is 0 Å². The first-order valence-corrected chi connectivity index (χ1v) is 5.80. The number of rotatable bonds is 3. The summed E-state index contributed by atoms with van der Waals surface area (Å²) in [4.78, 5) is 13.9. The zero-order valence-corrected chi connectivity index (χ0v) is 9.86. The Labute approximate surface area is 96.5 Å². The van der Waals surface area contributed by atoms with E-state index >= 15 is 0 Å². The molecule has 1 aliphatic heterocycles. The van der Waals surface area contributed by atoms with Gasteiger partial charge in [0.15, 0.2) is 0 Å². The molecule has 0 fully saturated rings. The lowest BCUT2D eigenvalue weighted by Crippen LogP contribution is -2.39. The lowest BCUT2D eigenvalue weighted by molar-refractivity contribution is -0.117. The fraction of sp³-hybridized carbons (Fsp3) is 0.462. The highest BCUT2D eigenvalue weighted by Gasteiger charge is 2.23. The summed E-state index contributed by atoms with van der Waals surface area (Å²) < 4.78 is 0. The van der Waals surface area contributed by atoms with Gasteiger partial charge in [0, 0.05) is 18.3 Å². The first-order valence-electron chi connectivity index (χ1n) is 5.80. The third kappa shape index (κ3) is 2.25. The minimum absolute atomic E-state index is 0.165. The third-order valence-electron chi connectivity index (χ3n) is 2.85. The Morgan fingerprint density at radius 3 is 2.94 bits per heavy atom. The van der Waals surface area contributed by atoms with E-state index in [1.807, 2.05) is 36.9 Å². The van der Waals surface area contributed by atoms with Gasteiger partial charge in [-0.2, -0.15) is 0 Å². The van der Waals surface area contributed by atoms with Crippen molar-refractivity contribution in [2.45, 2.75) is 26.3 Å². The molecule has 1 aliphatic rings. The molecule has 1 amide bonds. The van der Waals surface area contributed by atoms with Gasteiger partial charge in [0.1, 0.15) is 0 Å². The normalized spacial score (nSPS) is 14.3. The van der Waals surface area contributed by atoms with Gasteiger partial charge in [0.25, 0.3) is 0 Å². The summed E-state index contributed by atoms with van der Waals surface area (Å²) in [5, 5.41) is 3.16. The fourth-order valence-electron chi connectivity index (χ4n) is 1.98. The van der Waals surface area contributed by atoms with Gasteiger partial charge in [-0.1, -0.05) is 32.0 Å². The Kier molecular flexibility index (Phi) is 3.25. The van der Waals surface area contributed by atoms with Crippen molar-refractivity contribution < 1.29 is 4.79 Å². The zero-order valence-electron chi connectivity index (χ0n) is 9.86. The molecule has 1 aromatic carbocycles. The largest absolute Gasteiger partial charge is 0.311 e. The van der Waals surface area contributed by atoms with E-state index in [9.17, 15) is 4.79 Å². The van der Waals surface area contributed by atoms with Gasteiger partial charge >= 0.3 is 0 Å². The van der Waals surface area contributed by atoms with Crippen LogP contribution in [-0.4, -0.2) is 25.0 Å². The minimum atomic E-state index is 0.165. The monoisotopic (exact) mass is 218 g/mol. The zero-order chi connectivity index (χ0) is 11.5. The van der Waals surface area contributed by atoms with Crippen molar-refractivity contribution in [1.29, 1.82) is 0 Å². The molecule has 2 rings (SSSR count). The summed E-state index contributed by atoms with van der Waals surface area (Å²) in [7, 11) is 0. The van der Waals surface area contributed by atoms with Crippen LogP contribution in [0.2, 0.25) is 0 Å². The van der Waals surface area contributed by atoms with Crippen LogP contribution in [-0.2, 0) is 11.2 Å². The SMILES string of the molecule is CC(C)NCC(=O)N1CCc2ccccc21. The Morgan fingerprint density at radius 1 is 1.44 bits per heavy atom. The Morgan fingerprint density at radius 2 is 2.19 bits per heavy atom. The number of carbonyl (C=O) groups excluding carboxylic acids is 1. The van der Waals surface area contributed by atoms with Crippen molar-refractivity contribution in [2.75, 3.05) is 18.0 Å². The fourth-order valence-corrected chi connectivity index (χ4v) is 1.98. The van der Waals surface area contributed by atoms with Gasteiger partial charge in [0.05, 0.1) is 6.54 Å². The van der Waals surface area contributed by atoms with E-state index in [1.165, 1.54) is 5.56 Å². The summed E-state index contributed by atoms with van der Waals surface area (Å²) in [5.74, 6) is 0.165. The van der Waals surface area contributed by atoms with Crippen LogP contribution >= 0.6 is 0 Å². The highest BCUT2D eigenvalue weighted by Crippen LogP contribution is 2.27. The topological polar surface area (TPSA) is 32.3 Å². The van der Waals surface area contributed by atoms with Gasteiger partial charge < -0.3 is 10.2 Å². The molecular formula is C13H18N2O. The first kappa shape index (κ1) is 11.1. The van der Waals surface area contributed by atoms with E-state index in [-0.39, 0.29) is 5.91 Å². The molecular weight excluding hydrogens is 200 g/mol. The van der Waals surface area contributed by atoms with E-state index in [1.54, 1.807) is 0 Å². The lowest BCUT2D eigenvalue weighted by atomic mass is 10.2. The molecule has 0 saturated carbocycles. The average Bonchev–Trinajstić information content (AvgIpc) is 2.69. The second kappa shape index (κ2) is 4.66. The number of carbonyl (C=O) groups is 1. The van der Waals surface area contributed by atoms with Crippen LogP contribution in [0.3, 0.4) is 0 Å². The number of hydrogen-bond acceptors (Lipinski definition) is 2. The van der Waals surface area contributed by atoms with E-state index in [2.05, 4.69) is 11.4 Å². The van der Waals surface area contributed by atoms with Crippen molar-refractivity contribution in [1.82, 2.24) is 5.32 Å². The Balaban J connectivity index is 2.04. The number of benzene rings is 1. The van der Waals surface area contributed by atoms with Crippen LogP contribution in [0, 0.1) is 0 Å². The maximum Gasteiger partial charge on any atom is 0.240 e. The van der Waals surface area contributed by atoms with Crippen molar-refractivity contribution in [3.63, 3.8) is 0 Å². The maximum atomic E-state index is 12.0. The molecule has 0 saturated heterocycles. The van der Waals surface area contributed by atoms with E-state index in [0.717, 1.165) is 18.7 Å². The van der Waals surface area contributed by atoms with Crippen molar-refractivity contribution in [3.8, 4) is 0 Å². The van der Waals surface area contributed by atoms with E-state index in [0.29, 0.717) is 12.6 Å². The molecule has 1 heterocycles. The third-order valence-corrected chi connectivity index (χ3v) is 2.85. The minimum Gasteiger partial charge on any atom is -0.311 e. The molecule has 3 heteroatoms. The first-order chi connectivity index (χ1) is 7.68.